The zero-order chi connectivity index (χ0) is 14.8. The molecule has 0 bridgehead atoms. The van der Waals surface area contributed by atoms with Crippen molar-refractivity contribution in [3.8, 4) is 0 Å². The fourth-order valence-corrected chi connectivity index (χ4v) is 4.22. The van der Waals surface area contributed by atoms with Crippen molar-refractivity contribution in [2.45, 2.75) is 17.4 Å². The van der Waals surface area contributed by atoms with Crippen LogP contribution in [0.2, 0.25) is 5.02 Å². The van der Waals surface area contributed by atoms with Crippen LogP contribution in [0.25, 0.3) is 0 Å². The van der Waals surface area contributed by atoms with Gasteiger partial charge in [0.15, 0.2) is 0 Å². The van der Waals surface area contributed by atoms with E-state index in [0.29, 0.717) is 10.6 Å². The van der Waals surface area contributed by atoms with E-state index in [1.807, 2.05) is 54.2 Å². The Hall–Kier alpha value is -0.720. The van der Waals surface area contributed by atoms with Crippen LogP contribution in [0.3, 0.4) is 0 Å². The maximum absolute atomic E-state index is 12.4. The van der Waals surface area contributed by atoms with Crippen molar-refractivity contribution in [1.82, 2.24) is 5.32 Å². The molecule has 0 saturated heterocycles. The Bertz CT molecular complexity index is 692. The molecule has 3 rings (SSSR count). The fourth-order valence-electron chi connectivity index (χ4n) is 2.39. The molecule has 1 atom stereocenters. The molecule has 0 fully saturated rings. The lowest BCUT2D eigenvalue weighted by molar-refractivity contribution is 0.0935. The Morgan fingerprint density at radius 2 is 2.14 bits per heavy atom. The quantitative estimate of drug-likeness (QED) is 0.687. The van der Waals surface area contributed by atoms with Gasteiger partial charge in [-0.25, -0.2) is 0 Å². The SMILES string of the molecule is O=C(NC1CCSc2ccc(Cl)cc21)c1cccc(I)c1. The molecule has 0 saturated carbocycles. The standard InChI is InChI=1S/C16H13ClINOS/c17-11-4-5-15-13(9-11)14(6-7-21-15)19-16(20)10-2-1-3-12(18)8-10/h1-5,8-9,14H,6-7H2,(H,19,20). The molecular weight excluding hydrogens is 417 g/mol. The van der Waals surface area contributed by atoms with Crippen LogP contribution in [0.1, 0.15) is 28.4 Å². The van der Waals surface area contributed by atoms with Crippen molar-refractivity contribution in [3.63, 3.8) is 0 Å². The first-order valence-corrected chi connectivity index (χ1v) is 9.06. The van der Waals surface area contributed by atoms with Crippen molar-refractivity contribution >= 4 is 51.9 Å². The van der Waals surface area contributed by atoms with Gasteiger partial charge in [0.05, 0.1) is 6.04 Å². The highest BCUT2D eigenvalue weighted by molar-refractivity contribution is 14.1. The van der Waals surface area contributed by atoms with E-state index in [1.165, 1.54) is 4.90 Å². The number of nitrogens with one attached hydrogen (secondary N) is 1. The lowest BCUT2D eigenvalue weighted by atomic mass is 10.0. The molecule has 1 aliphatic rings. The van der Waals surface area contributed by atoms with E-state index in [9.17, 15) is 4.79 Å². The van der Waals surface area contributed by atoms with Crippen LogP contribution >= 0.6 is 46.0 Å². The van der Waals surface area contributed by atoms with Gasteiger partial charge in [-0.3, -0.25) is 4.79 Å². The number of carbonyl (C=O) groups excluding carboxylic acids is 1. The maximum Gasteiger partial charge on any atom is 0.251 e. The van der Waals surface area contributed by atoms with Crippen LogP contribution in [0.5, 0.6) is 0 Å². The molecule has 2 aromatic rings. The molecule has 0 aliphatic carbocycles. The summed E-state index contributed by atoms with van der Waals surface area (Å²) in [6.07, 6.45) is 0.924. The number of fused-ring (bicyclic) bond motifs is 1. The van der Waals surface area contributed by atoms with Gasteiger partial charge in [0.1, 0.15) is 0 Å². The third kappa shape index (κ3) is 3.55. The van der Waals surface area contributed by atoms with Gasteiger partial charge in [-0.1, -0.05) is 17.7 Å². The van der Waals surface area contributed by atoms with Gasteiger partial charge in [0.2, 0.25) is 0 Å². The Labute approximate surface area is 146 Å². The summed E-state index contributed by atoms with van der Waals surface area (Å²) >= 11 is 10.1. The third-order valence-corrected chi connectivity index (χ3v) is 5.43. The zero-order valence-electron chi connectivity index (χ0n) is 11.1. The summed E-state index contributed by atoms with van der Waals surface area (Å²) in [6.45, 7) is 0. The average Bonchev–Trinajstić information content (AvgIpc) is 2.48. The minimum Gasteiger partial charge on any atom is -0.345 e. The Balaban J connectivity index is 1.83. The average molecular weight is 430 g/mol. The second-order valence-corrected chi connectivity index (χ2v) is 7.67. The normalized spacial score (nSPS) is 17.1. The molecule has 5 heteroatoms. The third-order valence-electron chi connectivity index (χ3n) is 3.40. The molecule has 1 N–H and O–H groups in total. The lowest BCUT2D eigenvalue weighted by Gasteiger charge is -2.26. The summed E-state index contributed by atoms with van der Waals surface area (Å²) in [7, 11) is 0. The van der Waals surface area contributed by atoms with E-state index in [0.717, 1.165) is 21.3 Å². The number of amides is 1. The topological polar surface area (TPSA) is 29.1 Å². The predicted octanol–water partition coefficient (Wildman–Crippen LogP) is 4.91. The lowest BCUT2D eigenvalue weighted by Crippen LogP contribution is -2.30. The van der Waals surface area contributed by atoms with Crippen LogP contribution < -0.4 is 5.32 Å². The minimum atomic E-state index is -0.0312. The Morgan fingerprint density at radius 3 is 2.95 bits per heavy atom. The van der Waals surface area contributed by atoms with Crippen LogP contribution in [-0.2, 0) is 0 Å². The van der Waals surface area contributed by atoms with Crippen molar-refractivity contribution in [2.75, 3.05) is 5.75 Å². The largest absolute Gasteiger partial charge is 0.345 e. The Morgan fingerprint density at radius 1 is 1.29 bits per heavy atom. The highest BCUT2D eigenvalue weighted by Gasteiger charge is 2.23. The molecule has 0 radical (unpaired) electrons. The summed E-state index contributed by atoms with van der Waals surface area (Å²) in [5.41, 5.74) is 1.82. The van der Waals surface area contributed by atoms with Gasteiger partial charge in [-0.05, 0) is 71.0 Å². The second-order valence-electron chi connectivity index (χ2n) is 4.86. The molecular formula is C16H13ClINOS. The number of thioether (sulfide) groups is 1. The van der Waals surface area contributed by atoms with Crippen molar-refractivity contribution < 1.29 is 4.79 Å². The van der Waals surface area contributed by atoms with Crippen LogP contribution in [0.4, 0.5) is 0 Å². The smallest absolute Gasteiger partial charge is 0.251 e. The highest BCUT2D eigenvalue weighted by atomic mass is 127. The van der Waals surface area contributed by atoms with Gasteiger partial charge in [-0.2, -0.15) is 0 Å². The second kappa shape index (κ2) is 6.58. The van der Waals surface area contributed by atoms with Crippen LogP contribution in [0, 0.1) is 3.57 Å². The van der Waals surface area contributed by atoms with Crippen LogP contribution in [-0.4, -0.2) is 11.7 Å². The fraction of sp³-hybridized carbons (Fsp3) is 0.188. The molecule has 2 aromatic carbocycles. The van der Waals surface area contributed by atoms with Gasteiger partial charge in [0, 0.05) is 24.8 Å². The van der Waals surface area contributed by atoms with E-state index >= 15 is 0 Å². The summed E-state index contributed by atoms with van der Waals surface area (Å²) in [5, 5.41) is 3.84. The number of rotatable bonds is 2. The molecule has 0 aromatic heterocycles. The van der Waals surface area contributed by atoms with Crippen LogP contribution in [0.15, 0.2) is 47.4 Å². The van der Waals surface area contributed by atoms with Crippen molar-refractivity contribution in [3.05, 3.63) is 62.2 Å². The summed E-state index contributed by atoms with van der Waals surface area (Å²) in [4.78, 5) is 13.6. The summed E-state index contributed by atoms with van der Waals surface area (Å²) < 4.78 is 1.06. The molecule has 21 heavy (non-hydrogen) atoms. The molecule has 2 nitrogen and oxygen atoms in total. The van der Waals surface area contributed by atoms with E-state index in [1.54, 1.807) is 0 Å². The van der Waals surface area contributed by atoms with Crippen molar-refractivity contribution in [2.24, 2.45) is 0 Å². The van der Waals surface area contributed by atoms with Crippen molar-refractivity contribution in [1.29, 1.82) is 0 Å². The molecule has 1 aliphatic heterocycles. The van der Waals surface area contributed by atoms with E-state index in [2.05, 4.69) is 27.9 Å². The summed E-state index contributed by atoms with van der Waals surface area (Å²) in [5.74, 6) is 0.975. The van der Waals surface area contributed by atoms with E-state index < -0.39 is 0 Å². The number of halogens is 2. The maximum atomic E-state index is 12.4. The number of hydrogen-bond donors (Lipinski definition) is 1. The molecule has 1 amide bonds. The summed E-state index contributed by atoms with van der Waals surface area (Å²) in [6, 6.07) is 13.5. The molecule has 1 heterocycles. The number of carbonyl (C=O) groups is 1. The zero-order valence-corrected chi connectivity index (χ0v) is 14.8. The minimum absolute atomic E-state index is 0.0312. The first kappa shape index (κ1) is 15.2. The van der Waals surface area contributed by atoms with E-state index in [4.69, 9.17) is 11.6 Å². The van der Waals surface area contributed by atoms with Gasteiger partial charge in [0.25, 0.3) is 5.91 Å². The van der Waals surface area contributed by atoms with Gasteiger partial charge in [-0.15, -0.1) is 11.8 Å². The van der Waals surface area contributed by atoms with Gasteiger partial charge >= 0.3 is 0 Å². The first-order valence-electron chi connectivity index (χ1n) is 6.62. The predicted molar refractivity (Wildman–Crippen MR) is 96.2 cm³/mol. The van der Waals surface area contributed by atoms with E-state index in [-0.39, 0.29) is 11.9 Å². The molecule has 0 spiro atoms. The molecule has 108 valence electrons. The number of hydrogen-bond acceptors (Lipinski definition) is 2. The highest BCUT2D eigenvalue weighted by Crippen LogP contribution is 2.37. The number of benzene rings is 2. The molecule has 1 unspecified atom stereocenters. The first-order chi connectivity index (χ1) is 10.1. The van der Waals surface area contributed by atoms with Gasteiger partial charge < -0.3 is 5.32 Å². The Kier molecular flexibility index (Phi) is 4.76. The monoisotopic (exact) mass is 429 g/mol.